The van der Waals surface area contributed by atoms with Gasteiger partial charge in [0.1, 0.15) is 4.21 Å². The number of rotatable bonds is 3. The molecule has 9 heteroatoms. The molecule has 0 bridgehead atoms. The van der Waals surface area contributed by atoms with E-state index in [1.54, 1.807) is 16.3 Å². The highest BCUT2D eigenvalue weighted by Crippen LogP contribution is 2.33. The van der Waals surface area contributed by atoms with Gasteiger partial charge in [0.2, 0.25) is 0 Å². The van der Waals surface area contributed by atoms with E-state index < -0.39 is 10.0 Å². The number of carbonyl (C=O) groups excluding carboxylic acids is 1. The van der Waals surface area contributed by atoms with E-state index in [9.17, 15) is 13.2 Å². The third kappa shape index (κ3) is 2.18. The quantitative estimate of drug-likeness (QED) is 0.865. The molecule has 0 aromatic carbocycles. The first-order chi connectivity index (χ1) is 9.00. The van der Waals surface area contributed by atoms with Crippen LogP contribution in [0.2, 0.25) is 0 Å². The van der Waals surface area contributed by atoms with Crippen LogP contribution in [0.1, 0.15) is 0 Å². The molecule has 2 aliphatic rings. The number of nitrogens with one attached hydrogen (secondary N) is 1. The third-order valence-electron chi connectivity index (χ3n) is 3.32. The first-order valence-corrected chi connectivity index (χ1v) is 8.89. The summed E-state index contributed by atoms with van der Waals surface area (Å²) in [7, 11) is -3.42. The summed E-state index contributed by atoms with van der Waals surface area (Å²) in [5, 5.41) is 4.46. The molecular weight excluding hydrogens is 354 g/mol. The number of sulfonamides is 1. The zero-order valence-electron chi connectivity index (χ0n) is 9.87. The van der Waals surface area contributed by atoms with Crippen LogP contribution in [0.5, 0.6) is 0 Å². The van der Waals surface area contributed by atoms with Crippen molar-refractivity contribution in [2.45, 2.75) is 10.3 Å². The van der Waals surface area contributed by atoms with Crippen molar-refractivity contribution >= 4 is 43.3 Å². The molecule has 0 unspecified atom stereocenters. The average molecular weight is 366 g/mol. The Balaban J connectivity index is 1.70. The van der Waals surface area contributed by atoms with E-state index in [1.807, 2.05) is 0 Å². The van der Waals surface area contributed by atoms with E-state index in [4.69, 9.17) is 0 Å². The Morgan fingerprint density at radius 2 is 2.16 bits per heavy atom. The van der Waals surface area contributed by atoms with Crippen LogP contribution in [-0.2, 0) is 10.0 Å². The Kier molecular flexibility index (Phi) is 3.32. The first kappa shape index (κ1) is 13.3. The molecule has 6 nitrogen and oxygen atoms in total. The highest BCUT2D eigenvalue weighted by Gasteiger charge is 2.43. The lowest BCUT2D eigenvalue weighted by Crippen LogP contribution is -2.61. The van der Waals surface area contributed by atoms with Gasteiger partial charge in [-0.25, -0.2) is 13.2 Å². The van der Waals surface area contributed by atoms with Gasteiger partial charge in [-0.15, -0.1) is 11.3 Å². The van der Waals surface area contributed by atoms with Crippen molar-refractivity contribution in [2.75, 3.05) is 26.2 Å². The molecule has 3 heterocycles. The van der Waals surface area contributed by atoms with Crippen molar-refractivity contribution < 1.29 is 13.2 Å². The van der Waals surface area contributed by atoms with Gasteiger partial charge in [0, 0.05) is 30.7 Å². The van der Waals surface area contributed by atoms with E-state index in [1.165, 1.54) is 15.6 Å². The second-order valence-corrected chi connectivity index (χ2v) is 8.36. The molecule has 0 atom stereocenters. The summed E-state index contributed by atoms with van der Waals surface area (Å²) >= 11 is 4.44. The molecule has 3 rings (SSSR count). The van der Waals surface area contributed by atoms with Gasteiger partial charge in [0.05, 0.1) is 6.04 Å². The maximum atomic E-state index is 12.3. The Morgan fingerprint density at radius 1 is 1.42 bits per heavy atom. The predicted octanol–water partition coefficient (Wildman–Crippen LogP) is 0.909. The minimum Gasteiger partial charge on any atom is -0.336 e. The minimum absolute atomic E-state index is 0.00369. The second kappa shape index (κ2) is 4.72. The number of hydrogen-bond acceptors (Lipinski definition) is 4. The molecular formula is C10H12BrN3O3S2. The maximum absolute atomic E-state index is 12.3. The lowest BCUT2D eigenvalue weighted by Gasteiger charge is -2.42. The molecule has 0 radical (unpaired) electrons. The van der Waals surface area contributed by atoms with Crippen LogP contribution >= 0.6 is 27.3 Å². The highest BCUT2D eigenvalue weighted by atomic mass is 79.9. The number of hydrogen-bond donors (Lipinski definition) is 1. The van der Waals surface area contributed by atoms with Gasteiger partial charge in [-0.1, -0.05) is 0 Å². The van der Waals surface area contributed by atoms with Crippen LogP contribution in [0.15, 0.2) is 20.1 Å². The van der Waals surface area contributed by atoms with Gasteiger partial charge in [0.15, 0.2) is 0 Å². The maximum Gasteiger partial charge on any atom is 0.317 e. The van der Waals surface area contributed by atoms with Gasteiger partial charge in [-0.2, -0.15) is 4.31 Å². The van der Waals surface area contributed by atoms with Crippen LogP contribution in [-0.4, -0.2) is 55.9 Å². The summed E-state index contributed by atoms with van der Waals surface area (Å²) in [5.74, 6) is 0. The van der Waals surface area contributed by atoms with Gasteiger partial charge in [-0.3, -0.25) is 0 Å². The molecule has 0 spiro atoms. The fourth-order valence-electron chi connectivity index (χ4n) is 2.23. The predicted molar refractivity (Wildman–Crippen MR) is 74.7 cm³/mol. The van der Waals surface area contributed by atoms with Crippen molar-refractivity contribution in [3.05, 3.63) is 15.9 Å². The largest absolute Gasteiger partial charge is 0.336 e. The van der Waals surface area contributed by atoms with Gasteiger partial charge in [-0.05, 0) is 27.4 Å². The number of amides is 2. The second-order valence-electron chi connectivity index (χ2n) is 4.46. The normalized spacial score (nSPS) is 21.5. The van der Waals surface area contributed by atoms with Crippen LogP contribution in [0, 0.1) is 0 Å². The minimum atomic E-state index is -3.42. The molecule has 2 fully saturated rings. The Bertz CT molecular complexity index is 609. The third-order valence-corrected chi connectivity index (χ3v) is 7.80. The molecule has 2 amide bonds. The SMILES string of the molecule is O=C1NCCN1C1CN(S(=O)(=O)c2sccc2Br)C1. The fraction of sp³-hybridized carbons (Fsp3) is 0.500. The summed E-state index contributed by atoms with van der Waals surface area (Å²) in [4.78, 5) is 13.2. The Labute approximate surface area is 123 Å². The lowest BCUT2D eigenvalue weighted by molar-refractivity contribution is 0.124. The summed E-state index contributed by atoms with van der Waals surface area (Å²) < 4.78 is 27.0. The molecule has 2 saturated heterocycles. The van der Waals surface area contributed by atoms with Gasteiger partial charge in [0.25, 0.3) is 10.0 Å². The molecule has 1 N–H and O–H groups in total. The molecule has 2 aliphatic heterocycles. The molecule has 19 heavy (non-hydrogen) atoms. The standard InChI is InChI=1S/C10H12BrN3O3S2/c11-8-1-4-18-9(8)19(16,17)13-5-7(6-13)14-3-2-12-10(14)15/h1,4,7H,2-3,5-6H2,(H,12,15). The highest BCUT2D eigenvalue weighted by molar-refractivity contribution is 9.10. The molecule has 1 aromatic heterocycles. The van der Waals surface area contributed by atoms with Crippen LogP contribution in [0.4, 0.5) is 4.79 Å². The topological polar surface area (TPSA) is 69.7 Å². The number of halogens is 1. The number of urea groups is 1. The van der Waals surface area contributed by atoms with Crippen molar-refractivity contribution in [2.24, 2.45) is 0 Å². The number of carbonyl (C=O) groups is 1. The van der Waals surface area contributed by atoms with Gasteiger partial charge >= 0.3 is 6.03 Å². The fourth-order valence-corrected chi connectivity index (χ4v) is 6.19. The van der Waals surface area contributed by atoms with E-state index in [0.717, 1.165) is 0 Å². The summed E-state index contributed by atoms with van der Waals surface area (Å²) in [6, 6.07) is 1.62. The van der Waals surface area contributed by atoms with E-state index in [0.29, 0.717) is 34.9 Å². The van der Waals surface area contributed by atoms with Crippen molar-refractivity contribution in [3.63, 3.8) is 0 Å². The number of nitrogens with zero attached hydrogens (tertiary/aromatic N) is 2. The van der Waals surface area contributed by atoms with E-state index in [2.05, 4.69) is 21.2 Å². The zero-order valence-corrected chi connectivity index (χ0v) is 13.1. The van der Waals surface area contributed by atoms with E-state index >= 15 is 0 Å². The van der Waals surface area contributed by atoms with Crippen molar-refractivity contribution in [3.8, 4) is 0 Å². The first-order valence-electron chi connectivity index (χ1n) is 5.78. The molecule has 0 aliphatic carbocycles. The summed E-state index contributed by atoms with van der Waals surface area (Å²) in [5.41, 5.74) is 0. The van der Waals surface area contributed by atoms with Crippen molar-refractivity contribution in [1.82, 2.24) is 14.5 Å². The van der Waals surface area contributed by atoms with Crippen LogP contribution in [0.3, 0.4) is 0 Å². The smallest absolute Gasteiger partial charge is 0.317 e. The zero-order chi connectivity index (χ0) is 13.6. The Hall–Kier alpha value is -0.640. The summed E-state index contributed by atoms with van der Waals surface area (Å²) in [6.45, 7) is 2.04. The monoisotopic (exact) mass is 365 g/mol. The van der Waals surface area contributed by atoms with Crippen molar-refractivity contribution in [1.29, 1.82) is 0 Å². The Morgan fingerprint density at radius 3 is 2.68 bits per heavy atom. The van der Waals surface area contributed by atoms with Crippen LogP contribution < -0.4 is 5.32 Å². The molecule has 0 saturated carbocycles. The molecule has 104 valence electrons. The van der Waals surface area contributed by atoms with Gasteiger partial charge < -0.3 is 10.2 Å². The lowest BCUT2D eigenvalue weighted by atomic mass is 10.1. The van der Waals surface area contributed by atoms with Crippen LogP contribution in [0.25, 0.3) is 0 Å². The average Bonchev–Trinajstić information content (AvgIpc) is 2.86. The van der Waals surface area contributed by atoms with E-state index in [-0.39, 0.29) is 12.1 Å². The summed E-state index contributed by atoms with van der Waals surface area (Å²) in [6.07, 6.45) is 0. The number of thiophene rings is 1. The molecule has 1 aromatic rings.